The summed E-state index contributed by atoms with van der Waals surface area (Å²) in [6, 6.07) is 16.6. The van der Waals surface area contributed by atoms with Gasteiger partial charge in [-0.3, -0.25) is 0 Å². The predicted molar refractivity (Wildman–Crippen MR) is 95.2 cm³/mol. The molecule has 23 heavy (non-hydrogen) atoms. The average molecular weight is 303 g/mol. The van der Waals surface area contributed by atoms with Crippen molar-refractivity contribution < 1.29 is 0 Å². The van der Waals surface area contributed by atoms with E-state index in [9.17, 15) is 5.26 Å². The highest BCUT2D eigenvalue weighted by Gasteiger charge is 2.13. The van der Waals surface area contributed by atoms with Crippen molar-refractivity contribution in [2.45, 2.75) is 26.2 Å². The van der Waals surface area contributed by atoms with Gasteiger partial charge in [-0.2, -0.15) is 5.26 Å². The number of nitrogens with one attached hydrogen (secondary N) is 1. The van der Waals surface area contributed by atoms with Crippen molar-refractivity contribution in [2.24, 2.45) is 5.73 Å². The summed E-state index contributed by atoms with van der Waals surface area (Å²) in [5, 5.41) is 10.3. The number of rotatable bonds is 5. The molecule has 0 spiro atoms. The van der Waals surface area contributed by atoms with Gasteiger partial charge in [0.1, 0.15) is 0 Å². The molecule has 3 aromatic rings. The van der Waals surface area contributed by atoms with E-state index in [0.29, 0.717) is 12.1 Å². The van der Waals surface area contributed by atoms with Crippen molar-refractivity contribution in [3.8, 4) is 17.3 Å². The third kappa shape index (κ3) is 3.13. The van der Waals surface area contributed by atoms with Crippen LogP contribution in [0.1, 0.15) is 29.5 Å². The maximum Gasteiger partial charge on any atom is 0.0991 e. The number of aromatic amines is 1. The van der Waals surface area contributed by atoms with Gasteiger partial charge in [0.15, 0.2) is 0 Å². The van der Waals surface area contributed by atoms with Crippen molar-refractivity contribution in [3.63, 3.8) is 0 Å². The number of nitriles is 1. The van der Waals surface area contributed by atoms with Crippen LogP contribution in [0.15, 0.2) is 42.5 Å². The number of aromatic nitrogens is 1. The van der Waals surface area contributed by atoms with Crippen LogP contribution in [0.2, 0.25) is 0 Å². The first-order valence-corrected chi connectivity index (χ1v) is 8.04. The Kier molecular flexibility index (Phi) is 4.45. The maximum absolute atomic E-state index is 9.18. The van der Waals surface area contributed by atoms with Gasteiger partial charge in [0, 0.05) is 16.6 Å². The van der Waals surface area contributed by atoms with Gasteiger partial charge < -0.3 is 10.7 Å². The predicted octanol–water partition coefficient (Wildman–Crippen LogP) is 4.30. The highest BCUT2D eigenvalue weighted by atomic mass is 14.7. The molecule has 0 bridgehead atoms. The van der Waals surface area contributed by atoms with Crippen molar-refractivity contribution in [1.82, 2.24) is 4.98 Å². The van der Waals surface area contributed by atoms with Crippen molar-refractivity contribution in [3.05, 3.63) is 59.2 Å². The lowest BCUT2D eigenvalue weighted by Gasteiger charge is -2.06. The molecule has 0 fully saturated rings. The number of nitrogens with zero attached hydrogens (tertiary/aromatic N) is 1. The van der Waals surface area contributed by atoms with Crippen molar-refractivity contribution in [2.75, 3.05) is 6.54 Å². The smallest absolute Gasteiger partial charge is 0.0991 e. The van der Waals surface area contributed by atoms with Crippen molar-refractivity contribution >= 4 is 10.9 Å². The largest absolute Gasteiger partial charge is 0.354 e. The molecule has 0 aliphatic heterocycles. The first-order valence-electron chi connectivity index (χ1n) is 8.04. The standard InChI is InChI=1S/C20H21N3/c1-14-5-8-16(9-6-14)20-17(4-2-3-11-21)18-12-15(13-22)7-10-19(18)23-20/h5-10,12,23H,2-4,11,21H2,1H3. The topological polar surface area (TPSA) is 65.6 Å². The highest BCUT2D eigenvalue weighted by Crippen LogP contribution is 2.32. The lowest BCUT2D eigenvalue weighted by atomic mass is 9.99. The van der Waals surface area contributed by atoms with E-state index in [1.165, 1.54) is 16.7 Å². The van der Waals surface area contributed by atoms with E-state index < -0.39 is 0 Å². The van der Waals surface area contributed by atoms with Crippen LogP contribution in [0.25, 0.3) is 22.2 Å². The van der Waals surface area contributed by atoms with Crippen LogP contribution in [0, 0.1) is 18.3 Å². The zero-order chi connectivity index (χ0) is 16.2. The SMILES string of the molecule is Cc1ccc(-c2[nH]c3ccc(C#N)cc3c2CCCCN)cc1. The Morgan fingerprint density at radius 1 is 1.09 bits per heavy atom. The summed E-state index contributed by atoms with van der Waals surface area (Å²) in [5.74, 6) is 0. The van der Waals surface area contributed by atoms with E-state index >= 15 is 0 Å². The van der Waals surface area contributed by atoms with E-state index in [2.05, 4.69) is 42.2 Å². The molecule has 0 saturated heterocycles. The highest BCUT2D eigenvalue weighted by molar-refractivity contribution is 5.91. The van der Waals surface area contributed by atoms with Gasteiger partial charge in [-0.05, 0) is 62.1 Å². The summed E-state index contributed by atoms with van der Waals surface area (Å²) in [6.07, 6.45) is 3.03. The molecule has 1 heterocycles. The molecule has 0 amide bonds. The quantitative estimate of drug-likeness (QED) is 0.690. The normalized spacial score (nSPS) is 10.8. The number of unbranched alkanes of at least 4 members (excludes halogenated alkanes) is 1. The van der Waals surface area contributed by atoms with Gasteiger partial charge in [0.2, 0.25) is 0 Å². The molecule has 3 rings (SSSR count). The average Bonchev–Trinajstić information content (AvgIpc) is 2.93. The van der Waals surface area contributed by atoms with Crippen LogP contribution in [0.5, 0.6) is 0 Å². The first-order chi connectivity index (χ1) is 11.2. The van der Waals surface area contributed by atoms with E-state index in [0.717, 1.165) is 35.9 Å². The lowest BCUT2D eigenvalue weighted by Crippen LogP contribution is -1.99. The van der Waals surface area contributed by atoms with Crippen LogP contribution in [0.4, 0.5) is 0 Å². The van der Waals surface area contributed by atoms with Crippen molar-refractivity contribution in [1.29, 1.82) is 5.26 Å². The monoisotopic (exact) mass is 303 g/mol. The number of hydrogen-bond donors (Lipinski definition) is 2. The Morgan fingerprint density at radius 2 is 1.87 bits per heavy atom. The third-order valence-electron chi connectivity index (χ3n) is 4.26. The fourth-order valence-corrected chi connectivity index (χ4v) is 2.99. The lowest BCUT2D eigenvalue weighted by molar-refractivity contribution is 0.748. The van der Waals surface area contributed by atoms with Gasteiger partial charge in [0.25, 0.3) is 0 Å². The number of H-pyrrole nitrogens is 1. The first kappa shape index (κ1) is 15.3. The zero-order valence-electron chi connectivity index (χ0n) is 13.4. The molecule has 0 atom stereocenters. The number of aryl methyl sites for hydroxylation is 2. The number of fused-ring (bicyclic) bond motifs is 1. The summed E-state index contributed by atoms with van der Waals surface area (Å²) < 4.78 is 0. The minimum Gasteiger partial charge on any atom is -0.354 e. The molecule has 3 nitrogen and oxygen atoms in total. The van der Waals surface area contributed by atoms with Crippen LogP contribution >= 0.6 is 0 Å². The Bertz CT molecular complexity index is 851. The van der Waals surface area contributed by atoms with Gasteiger partial charge in [-0.15, -0.1) is 0 Å². The second kappa shape index (κ2) is 6.68. The van der Waals surface area contributed by atoms with Crippen LogP contribution in [0.3, 0.4) is 0 Å². The Balaban J connectivity index is 2.13. The molecule has 0 aliphatic carbocycles. The molecule has 0 unspecified atom stereocenters. The van der Waals surface area contributed by atoms with Crippen LogP contribution < -0.4 is 5.73 Å². The van der Waals surface area contributed by atoms with E-state index in [1.54, 1.807) is 0 Å². The van der Waals surface area contributed by atoms with Crippen LogP contribution in [-0.4, -0.2) is 11.5 Å². The summed E-state index contributed by atoms with van der Waals surface area (Å²) >= 11 is 0. The Morgan fingerprint density at radius 3 is 2.57 bits per heavy atom. The second-order valence-corrected chi connectivity index (χ2v) is 5.96. The molecular weight excluding hydrogens is 282 g/mol. The zero-order valence-corrected chi connectivity index (χ0v) is 13.4. The molecular formula is C20H21N3. The summed E-state index contributed by atoms with van der Waals surface area (Å²) in [7, 11) is 0. The third-order valence-corrected chi connectivity index (χ3v) is 4.26. The molecule has 0 saturated carbocycles. The van der Waals surface area contributed by atoms with Gasteiger partial charge in [-0.25, -0.2) is 0 Å². The fourth-order valence-electron chi connectivity index (χ4n) is 2.99. The number of hydrogen-bond acceptors (Lipinski definition) is 2. The molecule has 3 heteroatoms. The molecule has 2 aromatic carbocycles. The minimum atomic E-state index is 0.701. The summed E-state index contributed by atoms with van der Waals surface area (Å²) in [4.78, 5) is 3.54. The molecule has 0 aliphatic rings. The molecule has 3 N–H and O–H groups in total. The fraction of sp³-hybridized carbons (Fsp3) is 0.250. The minimum absolute atomic E-state index is 0.701. The van der Waals surface area contributed by atoms with Gasteiger partial charge in [-0.1, -0.05) is 29.8 Å². The van der Waals surface area contributed by atoms with E-state index in [4.69, 9.17) is 5.73 Å². The molecule has 116 valence electrons. The number of nitrogens with two attached hydrogens (primary N) is 1. The van der Waals surface area contributed by atoms with E-state index in [1.807, 2.05) is 18.2 Å². The maximum atomic E-state index is 9.18. The van der Waals surface area contributed by atoms with E-state index in [-0.39, 0.29) is 0 Å². The molecule has 1 aromatic heterocycles. The number of benzene rings is 2. The Labute approximate surface area is 136 Å². The molecule has 0 radical (unpaired) electrons. The summed E-state index contributed by atoms with van der Waals surface area (Å²) in [5.41, 5.74) is 12.3. The second-order valence-electron chi connectivity index (χ2n) is 5.96. The van der Waals surface area contributed by atoms with Gasteiger partial charge >= 0.3 is 0 Å². The summed E-state index contributed by atoms with van der Waals surface area (Å²) in [6.45, 7) is 2.81. The van der Waals surface area contributed by atoms with Gasteiger partial charge in [0.05, 0.1) is 11.6 Å². The Hall–Kier alpha value is -2.57. The van der Waals surface area contributed by atoms with Crippen LogP contribution in [-0.2, 0) is 6.42 Å².